The number of nitrogens with two attached hydrogens (primary N) is 2. The first-order valence-electron chi connectivity index (χ1n) is 23.8. The van der Waals surface area contributed by atoms with E-state index in [0.29, 0.717) is 11.6 Å². The lowest BCUT2D eigenvalue weighted by Crippen LogP contribution is -2.62. The molecule has 2 aromatic rings. The summed E-state index contributed by atoms with van der Waals surface area (Å²) >= 11 is 0. The Morgan fingerprint density at radius 3 is 1.76 bits per heavy atom. The molecule has 2 rings (SSSR count). The van der Waals surface area contributed by atoms with Crippen LogP contribution < -0.4 is 42.8 Å². The number of benzene rings is 2. The van der Waals surface area contributed by atoms with Crippen molar-refractivity contribution in [2.24, 2.45) is 23.3 Å². The van der Waals surface area contributed by atoms with Gasteiger partial charge in [-0.25, -0.2) is 19.2 Å². The second kappa shape index (κ2) is 29.3. The van der Waals surface area contributed by atoms with Crippen LogP contribution in [0, 0.1) is 11.8 Å². The Labute approximate surface area is 429 Å². The largest absolute Gasteiger partial charge is 0.490 e. The number of rotatable bonds is 28. The summed E-state index contributed by atoms with van der Waals surface area (Å²) in [6.45, 7) is 16.8. The van der Waals surface area contributed by atoms with Crippen molar-refractivity contribution in [3.05, 3.63) is 65.7 Å². The third-order valence-corrected chi connectivity index (χ3v) is 11.9. The standard InChI is InChI=1S/C49H72F3N7O14Si/c1-28(2)21-33(55-42(63)34(22-29(3)4)58-47(68)70-26-30-15-12-11-13-16-30)41(62)56-35(44(65)69-19-20-74(8,9)10)24-31-17-14-18-32(23-31)72-45(66)36(27-71-48(5,6)7)57-43(64)38(59-37(60)25-53)39(40(54)61)73-46(67)49(50,51)52/h11-18,23,28-29,33-36,38-39H,19-22,24-27,53H2,1-10H3,(H2,54,61)(H,55,63)(H,56,62)(H,57,64)(H,58,68)(H,59,60)/t33-,34+,35?,36?,38-,39-/m0/s1. The summed E-state index contributed by atoms with van der Waals surface area (Å²) < 4.78 is 66.0. The van der Waals surface area contributed by atoms with E-state index in [0.717, 1.165) is 5.56 Å². The quantitative estimate of drug-likeness (QED) is 0.0279. The lowest BCUT2D eigenvalue weighted by Gasteiger charge is -2.28. The molecule has 0 aliphatic carbocycles. The van der Waals surface area contributed by atoms with Crippen LogP contribution in [0.15, 0.2) is 54.6 Å². The Morgan fingerprint density at radius 2 is 1.23 bits per heavy atom. The van der Waals surface area contributed by atoms with Crippen molar-refractivity contribution >= 4 is 61.6 Å². The molecule has 2 unspecified atom stereocenters. The maximum Gasteiger partial charge on any atom is 0.490 e. The smallest absolute Gasteiger partial charge is 0.464 e. The molecular weight excluding hydrogens is 996 g/mol. The van der Waals surface area contributed by atoms with Crippen molar-refractivity contribution in [2.45, 2.75) is 148 Å². The highest BCUT2D eigenvalue weighted by Crippen LogP contribution is 2.21. The first-order valence-corrected chi connectivity index (χ1v) is 27.5. The van der Waals surface area contributed by atoms with Crippen LogP contribution in [0.2, 0.25) is 25.7 Å². The topological polar surface area (TPSA) is 312 Å². The van der Waals surface area contributed by atoms with Gasteiger partial charge < -0.3 is 61.7 Å². The second-order valence-electron chi connectivity index (χ2n) is 20.4. The van der Waals surface area contributed by atoms with Crippen molar-refractivity contribution in [3.63, 3.8) is 0 Å². The van der Waals surface area contributed by atoms with Crippen LogP contribution in [0.3, 0.4) is 0 Å². The van der Waals surface area contributed by atoms with Crippen molar-refractivity contribution in [1.29, 1.82) is 0 Å². The Hall–Kier alpha value is -6.60. The number of alkyl carbamates (subject to hydrolysis) is 1. The second-order valence-corrected chi connectivity index (χ2v) is 26.0. The molecule has 0 radical (unpaired) electrons. The zero-order valence-electron chi connectivity index (χ0n) is 43.5. The average Bonchev–Trinajstić information content (AvgIpc) is 3.28. The normalized spacial score (nSPS) is 14.2. The molecule has 74 heavy (non-hydrogen) atoms. The van der Waals surface area contributed by atoms with E-state index < -0.39 is 123 Å². The number of alkyl halides is 3. The number of halogens is 3. The highest BCUT2D eigenvalue weighted by molar-refractivity contribution is 6.76. The summed E-state index contributed by atoms with van der Waals surface area (Å²) in [7, 11) is -1.72. The molecule has 6 amide bonds. The van der Waals surface area contributed by atoms with Gasteiger partial charge in [-0.3, -0.25) is 24.0 Å². The molecular formula is C49H72F3N7O14Si. The van der Waals surface area contributed by atoms with Crippen molar-refractivity contribution in [2.75, 3.05) is 19.8 Å². The van der Waals surface area contributed by atoms with Gasteiger partial charge in [-0.15, -0.1) is 0 Å². The molecule has 6 atom stereocenters. The lowest BCUT2D eigenvalue weighted by molar-refractivity contribution is -0.206. The molecule has 412 valence electrons. The fourth-order valence-electron chi connectivity index (χ4n) is 6.52. The molecule has 0 aliphatic heterocycles. The highest BCUT2D eigenvalue weighted by Gasteiger charge is 2.47. The van der Waals surface area contributed by atoms with Crippen molar-refractivity contribution in [3.8, 4) is 5.75 Å². The van der Waals surface area contributed by atoms with Gasteiger partial charge in [-0.2, -0.15) is 13.2 Å². The molecule has 2 aromatic carbocycles. The Morgan fingerprint density at radius 1 is 0.676 bits per heavy atom. The molecule has 0 fully saturated rings. The Balaban J connectivity index is 2.47. The van der Waals surface area contributed by atoms with E-state index in [1.165, 1.54) is 24.3 Å². The molecule has 0 saturated carbocycles. The molecule has 0 heterocycles. The minimum absolute atomic E-state index is 0.0408. The van der Waals surface area contributed by atoms with Gasteiger partial charge >= 0.3 is 30.2 Å². The number of primary amides is 1. The van der Waals surface area contributed by atoms with Gasteiger partial charge in [-0.05, 0) is 74.8 Å². The van der Waals surface area contributed by atoms with Crippen LogP contribution >= 0.6 is 0 Å². The first kappa shape index (κ1) is 63.5. The summed E-state index contributed by atoms with van der Waals surface area (Å²) in [6, 6.07) is 7.18. The predicted octanol–water partition coefficient (Wildman–Crippen LogP) is 3.08. The summed E-state index contributed by atoms with van der Waals surface area (Å²) in [5.41, 5.74) is 10.6. The number of hydrogen-bond donors (Lipinski definition) is 7. The zero-order valence-corrected chi connectivity index (χ0v) is 44.5. The predicted molar refractivity (Wildman–Crippen MR) is 265 cm³/mol. The van der Waals surface area contributed by atoms with Crippen LogP contribution in [-0.2, 0) is 70.3 Å². The summed E-state index contributed by atoms with van der Waals surface area (Å²) in [6.07, 6.45) is -9.19. The molecule has 9 N–H and O–H groups in total. The molecule has 21 nitrogen and oxygen atoms in total. The first-order chi connectivity index (χ1) is 34.3. The lowest BCUT2D eigenvalue weighted by atomic mass is 9.99. The number of nitrogens with one attached hydrogen (secondary N) is 5. The molecule has 0 aliphatic rings. The van der Waals surface area contributed by atoms with Crippen LogP contribution in [0.25, 0.3) is 0 Å². The van der Waals surface area contributed by atoms with E-state index in [9.17, 15) is 56.3 Å². The number of carbonyl (C=O) groups excluding carboxylic acids is 9. The van der Waals surface area contributed by atoms with Crippen molar-refractivity contribution in [1.82, 2.24) is 26.6 Å². The van der Waals surface area contributed by atoms with Crippen LogP contribution in [0.5, 0.6) is 5.75 Å². The number of amides is 6. The minimum Gasteiger partial charge on any atom is -0.464 e. The third kappa shape index (κ3) is 24.4. The SMILES string of the molecule is CC(C)C[C@H](NC(=O)[C@@H](CC(C)C)NC(=O)OCc1ccccc1)C(=O)NC(Cc1cccc(OC(=O)C(COC(C)(C)C)NC(=O)[C@@H](NC(=O)CN)[C@H](OC(=O)C(F)(F)F)C(N)=O)c1)C(=O)OCC[Si](C)(C)C. The minimum atomic E-state index is -5.65. The monoisotopic (exact) mass is 1070 g/mol. The van der Waals surface area contributed by atoms with Gasteiger partial charge in [0.05, 0.1) is 25.4 Å². The van der Waals surface area contributed by atoms with E-state index in [2.05, 4.69) is 45.6 Å². The van der Waals surface area contributed by atoms with Crippen LogP contribution in [-0.4, -0.2) is 129 Å². The van der Waals surface area contributed by atoms with Gasteiger partial charge in [0.25, 0.3) is 5.91 Å². The average molecular weight is 1070 g/mol. The third-order valence-electron chi connectivity index (χ3n) is 10.2. The Bertz CT molecular complexity index is 2240. The maximum atomic E-state index is 14.2. The van der Waals surface area contributed by atoms with Gasteiger partial charge in [0.15, 0.2) is 12.1 Å². The fraction of sp³-hybridized carbons (Fsp3) is 0.571. The Kier molecular flexibility index (Phi) is 25.2. The number of ether oxygens (including phenoxy) is 5. The molecule has 0 saturated heterocycles. The van der Waals surface area contributed by atoms with E-state index >= 15 is 0 Å². The number of hydrogen-bond acceptors (Lipinski definition) is 15. The fourth-order valence-corrected chi connectivity index (χ4v) is 7.23. The van der Waals surface area contributed by atoms with Crippen LogP contribution in [0.4, 0.5) is 18.0 Å². The highest BCUT2D eigenvalue weighted by atomic mass is 28.3. The summed E-state index contributed by atoms with van der Waals surface area (Å²) in [5.74, 6) is -11.3. The van der Waals surface area contributed by atoms with Gasteiger partial charge in [0.2, 0.25) is 29.7 Å². The van der Waals surface area contributed by atoms with Crippen molar-refractivity contribution < 1.29 is 80.0 Å². The van der Waals surface area contributed by atoms with E-state index in [-0.39, 0.29) is 50.1 Å². The van der Waals surface area contributed by atoms with Gasteiger partial charge in [-0.1, -0.05) is 89.8 Å². The number of esters is 3. The zero-order chi connectivity index (χ0) is 56.1. The summed E-state index contributed by atoms with van der Waals surface area (Å²) in [5, 5.41) is 12.1. The van der Waals surface area contributed by atoms with E-state index in [1.807, 2.05) is 39.1 Å². The molecule has 25 heteroatoms. The van der Waals surface area contributed by atoms with Gasteiger partial charge in [0, 0.05) is 14.5 Å². The molecule has 0 aromatic heterocycles. The molecule has 0 spiro atoms. The van der Waals surface area contributed by atoms with E-state index in [1.54, 1.807) is 45.0 Å². The maximum absolute atomic E-state index is 14.2. The van der Waals surface area contributed by atoms with Crippen LogP contribution in [0.1, 0.15) is 72.4 Å². The summed E-state index contributed by atoms with van der Waals surface area (Å²) in [4.78, 5) is 119. The molecule has 0 bridgehead atoms. The van der Waals surface area contributed by atoms with Gasteiger partial charge in [0.1, 0.15) is 30.5 Å². The van der Waals surface area contributed by atoms with E-state index in [4.69, 9.17) is 30.4 Å². The number of carbonyl (C=O) groups is 9.